The van der Waals surface area contributed by atoms with Crippen molar-refractivity contribution in [3.63, 3.8) is 0 Å². The maximum Gasteiger partial charge on any atom is 0.151 e. The number of rotatable bonds is 5. The fraction of sp³-hybridized carbons (Fsp3) is 0.385. The van der Waals surface area contributed by atoms with Crippen molar-refractivity contribution in [3.8, 4) is 0 Å². The summed E-state index contributed by atoms with van der Waals surface area (Å²) in [7, 11) is 0. The van der Waals surface area contributed by atoms with Crippen LogP contribution in [-0.4, -0.2) is 20.6 Å². The van der Waals surface area contributed by atoms with Crippen LogP contribution in [0.1, 0.15) is 35.6 Å². The number of nitrogens with zero attached hydrogens (tertiary/aromatic N) is 3. The fourth-order valence-corrected chi connectivity index (χ4v) is 2.66. The van der Waals surface area contributed by atoms with Crippen LogP contribution >= 0.6 is 15.9 Å². The van der Waals surface area contributed by atoms with Crippen LogP contribution in [0.15, 0.2) is 22.9 Å². The Morgan fingerprint density at radius 3 is 2.78 bits per heavy atom. The van der Waals surface area contributed by atoms with E-state index in [0.717, 1.165) is 41.7 Å². The van der Waals surface area contributed by atoms with Crippen LogP contribution in [0.3, 0.4) is 0 Å². The van der Waals surface area contributed by atoms with E-state index < -0.39 is 0 Å². The zero-order valence-electron chi connectivity index (χ0n) is 10.6. The summed E-state index contributed by atoms with van der Waals surface area (Å²) in [5.41, 5.74) is 2.92. The molecule has 0 atom stereocenters. The molecule has 2 aromatic rings. The molecular formula is C13H16BrN3O. The van der Waals surface area contributed by atoms with Crippen molar-refractivity contribution in [3.05, 3.63) is 39.9 Å². The van der Waals surface area contributed by atoms with Crippen molar-refractivity contribution >= 4 is 22.2 Å². The second-order valence-electron chi connectivity index (χ2n) is 4.11. The second kappa shape index (κ2) is 5.52. The molecule has 0 radical (unpaired) electrons. The summed E-state index contributed by atoms with van der Waals surface area (Å²) in [5.74, 6) is 0. The average Bonchev–Trinajstić information content (AvgIpc) is 2.96. The first-order chi connectivity index (χ1) is 8.69. The van der Waals surface area contributed by atoms with Gasteiger partial charge in [0.15, 0.2) is 6.29 Å². The Morgan fingerprint density at radius 2 is 2.22 bits per heavy atom. The standard InChI is InChI=1S/C13H16BrN3O/c1-3-11-13(14)12(17(4-2)15-11)8-16-6-5-10(7-16)9-18/h5-7,9H,3-4,8H2,1-2H3. The van der Waals surface area contributed by atoms with E-state index in [1.807, 2.05) is 27.7 Å². The van der Waals surface area contributed by atoms with E-state index in [-0.39, 0.29) is 0 Å². The fourth-order valence-electron chi connectivity index (χ4n) is 1.97. The highest BCUT2D eigenvalue weighted by atomic mass is 79.9. The Hall–Kier alpha value is -1.36. The van der Waals surface area contributed by atoms with Crippen LogP contribution in [0.25, 0.3) is 0 Å². The van der Waals surface area contributed by atoms with Gasteiger partial charge in [0.05, 0.1) is 22.4 Å². The van der Waals surface area contributed by atoms with Gasteiger partial charge in [0.25, 0.3) is 0 Å². The first-order valence-corrected chi connectivity index (χ1v) is 6.83. The van der Waals surface area contributed by atoms with Crippen molar-refractivity contribution in [2.45, 2.75) is 33.4 Å². The van der Waals surface area contributed by atoms with E-state index in [9.17, 15) is 4.79 Å². The summed E-state index contributed by atoms with van der Waals surface area (Å²) in [4.78, 5) is 10.7. The number of aldehydes is 1. The molecular weight excluding hydrogens is 294 g/mol. The van der Waals surface area contributed by atoms with E-state index >= 15 is 0 Å². The highest BCUT2D eigenvalue weighted by molar-refractivity contribution is 9.10. The quantitative estimate of drug-likeness (QED) is 0.797. The molecule has 2 rings (SSSR count). The lowest BCUT2D eigenvalue weighted by molar-refractivity contribution is 0.112. The molecule has 2 heterocycles. The lowest BCUT2D eigenvalue weighted by atomic mass is 10.3. The highest BCUT2D eigenvalue weighted by Crippen LogP contribution is 2.23. The summed E-state index contributed by atoms with van der Waals surface area (Å²) in [6.45, 7) is 5.73. The summed E-state index contributed by atoms with van der Waals surface area (Å²) >= 11 is 3.62. The third-order valence-corrected chi connectivity index (χ3v) is 3.85. The maximum absolute atomic E-state index is 10.7. The van der Waals surface area contributed by atoms with Gasteiger partial charge < -0.3 is 4.57 Å². The predicted molar refractivity (Wildman–Crippen MR) is 73.9 cm³/mol. The summed E-state index contributed by atoms with van der Waals surface area (Å²) < 4.78 is 5.08. The molecule has 18 heavy (non-hydrogen) atoms. The van der Waals surface area contributed by atoms with Gasteiger partial charge in [-0.2, -0.15) is 5.10 Å². The second-order valence-corrected chi connectivity index (χ2v) is 4.90. The smallest absolute Gasteiger partial charge is 0.151 e. The van der Waals surface area contributed by atoms with Crippen LogP contribution in [0.4, 0.5) is 0 Å². The van der Waals surface area contributed by atoms with Crippen LogP contribution in [-0.2, 0) is 19.5 Å². The Morgan fingerprint density at radius 1 is 1.44 bits per heavy atom. The Balaban J connectivity index is 2.32. The SMILES string of the molecule is CCc1nn(CC)c(Cn2ccc(C=O)c2)c1Br. The molecule has 0 saturated carbocycles. The molecule has 0 amide bonds. The Bertz CT molecular complexity index is 557. The zero-order valence-corrected chi connectivity index (χ0v) is 12.1. The van der Waals surface area contributed by atoms with Crippen LogP contribution in [0, 0.1) is 0 Å². The van der Waals surface area contributed by atoms with Crippen molar-refractivity contribution in [1.29, 1.82) is 0 Å². The van der Waals surface area contributed by atoms with Gasteiger partial charge >= 0.3 is 0 Å². The maximum atomic E-state index is 10.7. The van der Waals surface area contributed by atoms with E-state index in [4.69, 9.17) is 0 Å². The highest BCUT2D eigenvalue weighted by Gasteiger charge is 2.13. The molecule has 0 saturated heterocycles. The van der Waals surface area contributed by atoms with Gasteiger partial charge in [-0.15, -0.1) is 0 Å². The number of aromatic nitrogens is 3. The van der Waals surface area contributed by atoms with Crippen LogP contribution in [0.2, 0.25) is 0 Å². The molecule has 0 aliphatic heterocycles. The molecule has 5 heteroatoms. The molecule has 2 aromatic heterocycles. The zero-order chi connectivity index (χ0) is 13.1. The molecule has 0 fully saturated rings. The van der Waals surface area contributed by atoms with Gasteiger partial charge in [0.2, 0.25) is 0 Å². The van der Waals surface area contributed by atoms with E-state index in [0.29, 0.717) is 5.56 Å². The predicted octanol–water partition coefficient (Wildman–Crippen LogP) is 2.89. The van der Waals surface area contributed by atoms with Gasteiger partial charge in [-0.1, -0.05) is 6.92 Å². The lowest BCUT2D eigenvalue weighted by Gasteiger charge is -2.06. The molecule has 0 N–H and O–H groups in total. The molecule has 0 bridgehead atoms. The minimum absolute atomic E-state index is 0.699. The Kier molecular flexibility index (Phi) is 4.01. The summed E-state index contributed by atoms with van der Waals surface area (Å²) in [6, 6.07) is 1.81. The molecule has 0 aromatic carbocycles. The van der Waals surface area contributed by atoms with E-state index in [1.165, 1.54) is 0 Å². The van der Waals surface area contributed by atoms with Gasteiger partial charge in [-0.05, 0) is 35.3 Å². The largest absolute Gasteiger partial charge is 0.348 e. The monoisotopic (exact) mass is 309 g/mol. The van der Waals surface area contributed by atoms with Gasteiger partial charge in [0, 0.05) is 24.5 Å². The molecule has 0 aliphatic carbocycles. The molecule has 0 aliphatic rings. The first kappa shape index (κ1) is 13.1. The molecule has 96 valence electrons. The normalized spacial score (nSPS) is 10.8. The number of halogens is 1. The molecule has 4 nitrogen and oxygen atoms in total. The third-order valence-electron chi connectivity index (χ3n) is 2.94. The first-order valence-electron chi connectivity index (χ1n) is 6.04. The van der Waals surface area contributed by atoms with Crippen LogP contribution < -0.4 is 0 Å². The topological polar surface area (TPSA) is 39.8 Å². The number of carbonyl (C=O) groups is 1. The average molecular weight is 310 g/mol. The van der Waals surface area contributed by atoms with E-state index in [2.05, 4.69) is 34.9 Å². The van der Waals surface area contributed by atoms with Crippen molar-refractivity contribution in [2.24, 2.45) is 0 Å². The number of hydrogen-bond acceptors (Lipinski definition) is 2. The number of carbonyl (C=O) groups excluding carboxylic acids is 1. The summed E-state index contributed by atoms with van der Waals surface area (Å²) in [5, 5.41) is 4.56. The van der Waals surface area contributed by atoms with Crippen molar-refractivity contribution in [1.82, 2.24) is 14.3 Å². The van der Waals surface area contributed by atoms with Crippen molar-refractivity contribution < 1.29 is 4.79 Å². The van der Waals surface area contributed by atoms with Crippen LogP contribution in [0.5, 0.6) is 0 Å². The lowest BCUT2D eigenvalue weighted by Crippen LogP contribution is -2.07. The molecule has 0 spiro atoms. The van der Waals surface area contributed by atoms with Gasteiger partial charge in [-0.3, -0.25) is 9.48 Å². The number of aryl methyl sites for hydroxylation is 2. The summed E-state index contributed by atoms with van der Waals surface area (Å²) in [6.07, 6.45) is 5.53. The van der Waals surface area contributed by atoms with Gasteiger partial charge in [0.1, 0.15) is 0 Å². The minimum Gasteiger partial charge on any atom is -0.348 e. The van der Waals surface area contributed by atoms with Crippen molar-refractivity contribution in [2.75, 3.05) is 0 Å². The minimum atomic E-state index is 0.699. The number of hydrogen-bond donors (Lipinski definition) is 0. The third kappa shape index (κ3) is 2.41. The Labute approximate surface area is 115 Å². The van der Waals surface area contributed by atoms with E-state index in [1.54, 1.807) is 0 Å². The van der Waals surface area contributed by atoms with Gasteiger partial charge in [-0.25, -0.2) is 0 Å². The molecule has 0 unspecified atom stereocenters.